The van der Waals surface area contributed by atoms with Gasteiger partial charge in [-0.25, -0.2) is 4.79 Å². The number of imide groups is 1. The molecule has 2 heterocycles. The first kappa shape index (κ1) is 41.9. The summed E-state index contributed by atoms with van der Waals surface area (Å²) in [5, 5.41) is 2.35. The minimum atomic E-state index is -0.673. The lowest BCUT2D eigenvalue weighted by Crippen LogP contribution is -2.44. The molecule has 4 rings (SSSR count). The van der Waals surface area contributed by atoms with Gasteiger partial charge in [-0.3, -0.25) is 28.8 Å². The van der Waals surface area contributed by atoms with Crippen molar-refractivity contribution in [3.63, 3.8) is 0 Å². The summed E-state index contributed by atoms with van der Waals surface area (Å²) in [6.45, 7) is 5.37. The van der Waals surface area contributed by atoms with Crippen LogP contribution in [0.2, 0.25) is 0 Å². The number of fused-ring (bicyclic) bond motifs is 1. The van der Waals surface area contributed by atoms with Crippen molar-refractivity contribution < 1.29 is 28.6 Å². The zero-order valence-corrected chi connectivity index (χ0v) is 30.9. The number of benzene rings is 2. The number of rotatable bonds is 23. The number of nitrogens with one attached hydrogen (secondary N) is 1. The van der Waals surface area contributed by atoms with Crippen LogP contribution in [0.3, 0.4) is 0 Å². The molecule has 13 heteroatoms. The Morgan fingerprint density at radius 2 is 1.45 bits per heavy atom. The molecule has 282 valence electrons. The molecule has 0 spiro atoms. The normalized spacial score (nSPS) is 15.8. The lowest BCUT2D eigenvalue weighted by atomic mass is 10.1. The first-order valence-corrected chi connectivity index (χ1v) is 18.1. The SMILES string of the molecule is C[C@@H](OCc1ccc(CCCOCCCCCCOCCCc2ccc3c(c2)n(C)c(=O)n3C2CCC(=O)NC2=O)cc1)[C@@H](N)CCC(N)=O.Cl. The van der Waals surface area contributed by atoms with Gasteiger partial charge in [-0.2, -0.15) is 0 Å². The molecule has 0 aliphatic carbocycles. The lowest BCUT2D eigenvalue weighted by Gasteiger charge is -2.21. The third-order valence-electron chi connectivity index (χ3n) is 9.37. The Morgan fingerprint density at radius 1 is 0.863 bits per heavy atom. The molecule has 1 aliphatic heterocycles. The van der Waals surface area contributed by atoms with E-state index in [1.807, 2.05) is 25.1 Å². The van der Waals surface area contributed by atoms with Gasteiger partial charge in [0.1, 0.15) is 6.04 Å². The smallest absolute Gasteiger partial charge is 0.329 e. The highest BCUT2D eigenvalue weighted by atomic mass is 35.5. The van der Waals surface area contributed by atoms with Gasteiger partial charge in [-0.1, -0.05) is 43.2 Å². The van der Waals surface area contributed by atoms with Crippen LogP contribution in [0.1, 0.15) is 93.9 Å². The molecule has 1 aliphatic rings. The number of ether oxygens (including phenoxy) is 3. The maximum absolute atomic E-state index is 13.0. The quantitative estimate of drug-likeness (QED) is 0.0953. The molecular weight excluding hydrogens is 674 g/mol. The number of hydrogen-bond donors (Lipinski definition) is 3. The average Bonchev–Trinajstić information content (AvgIpc) is 3.34. The van der Waals surface area contributed by atoms with Crippen LogP contribution in [-0.4, -0.2) is 65.4 Å². The van der Waals surface area contributed by atoms with Crippen molar-refractivity contribution in [2.75, 3.05) is 26.4 Å². The number of hydrogen-bond acceptors (Lipinski definition) is 8. The minimum Gasteiger partial charge on any atom is -0.381 e. The average molecular weight is 730 g/mol. The number of carbonyl (C=O) groups excluding carboxylic acids is 3. The monoisotopic (exact) mass is 729 g/mol. The van der Waals surface area contributed by atoms with Crippen LogP contribution in [0.5, 0.6) is 0 Å². The van der Waals surface area contributed by atoms with Crippen LogP contribution in [0.4, 0.5) is 0 Å². The number of aromatic nitrogens is 2. The van der Waals surface area contributed by atoms with Gasteiger partial charge in [-0.15, -0.1) is 12.4 Å². The Kier molecular flexibility index (Phi) is 17.8. The van der Waals surface area contributed by atoms with Crippen molar-refractivity contribution in [1.29, 1.82) is 0 Å². The molecular formula is C38H56ClN5O7. The standard InChI is InChI=1S/C38H55N5O7.ClH/c1-27(31(39)16-19-35(40)44)50-26-30-13-11-28(12-14-30)9-7-23-48-21-5-3-4-6-22-49-24-8-10-29-15-17-32-34(25-29)42(2)38(47)43(32)33-18-20-36(45)41-37(33)46;/h11-15,17,25,27,31,33H,3-10,16,18-24,26,39H2,1-2H3,(H2,40,44)(H,41,45,46);1H/t27-,31+,33?;/m1./s1. The lowest BCUT2D eigenvalue weighted by molar-refractivity contribution is -0.135. The second-order valence-corrected chi connectivity index (χ2v) is 13.3. The van der Waals surface area contributed by atoms with Crippen LogP contribution in [0.25, 0.3) is 11.0 Å². The van der Waals surface area contributed by atoms with Crippen LogP contribution >= 0.6 is 12.4 Å². The maximum atomic E-state index is 13.0. The fraction of sp³-hybridized carbons (Fsp3) is 0.579. The molecule has 0 bridgehead atoms. The Bertz CT molecular complexity index is 1610. The third kappa shape index (κ3) is 13.2. The molecule has 5 N–H and O–H groups in total. The van der Waals surface area contributed by atoms with E-state index in [9.17, 15) is 19.2 Å². The maximum Gasteiger partial charge on any atom is 0.329 e. The second-order valence-electron chi connectivity index (χ2n) is 13.3. The van der Waals surface area contributed by atoms with Crippen molar-refractivity contribution in [3.05, 3.63) is 69.6 Å². The van der Waals surface area contributed by atoms with E-state index in [1.54, 1.807) is 11.6 Å². The van der Waals surface area contributed by atoms with Gasteiger partial charge < -0.3 is 25.7 Å². The van der Waals surface area contributed by atoms with E-state index in [-0.39, 0.29) is 54.9 Å². The van der Waals surface area contributed by atoms with Crippen molar-refractivity contribution >= 4 is 41.2 Å². The summed E-state index contributed by atoms with van der Waals surface area (Å²) < 4.78 is 20.6. The number of primary amides is 1. The summed E-state index contributed by atoms with van der Waals surface area (Å²) in [6.07, 6.45) is 9.19. The van der Waals surface area contributed by atoms with Gasteiger partial charge >= 0.3 is 5.69 Å². The highest BCUT2D eigenvalue weighted by molar-refractivity contribution is 6.00. The van der Waals surface area contributed by atoms with Crippen molar-refractivity contribution in [1.82, 2.24) is 14.5 Å². The number of imidazole rings is 1. The zero-order chi connectivity index (χ0) is 35.9. The Morgan fingerprint density at radius 3 is 2.08 bits per heavy atom. The number of piperidine rings is 1. The first-order chi connectivity index (χ1) is 24.1. The fourth-order valence-electron chi connectivity index (χ4n) is 6.21. The van der Waals surface area contributed by atoms with E-state index < -0.39 is 11.9 Å². The van der Waals surface area contributed by atoms with E-state index >= 15 is 0 Å². The van der Waals surface area contributed by atoms with Gasteiger partial charge in [0.25, 0.3) is 0 Å². The van der Waals surface area contributed by atoms with Crippen molar-refractivity contribution in [2.24, 2.45) is 18.5 Å². The van der Waals surface area contributed by atoms with E-state index in [2.05, 4.69) is 29.6 Å². The van der Waals surface area contributed by atoms with Crippen LogP contribution in [0.15, 0.2) is 47.3 Å². The van der Waals surface area contributed by atoms with Crippen molar-refractivity contribution in [3.8, 4) is 0 Å². The Hall–Kier alpha value is -3.55. The van der Waals surface area contributed by atoms with Gasteiger partial charge in [0.15, 0.2) is 0 Å². The Balaban J connectivity index is 0.00000702. The number of halogens is 1. The number of unbranched alkanes of at least 4 members (excludes halogenated alkanes) is 3. The molecule has 0 radical (unpaired) electrons. The third-order valence-corrected chi connectivity index (χ3v) is 9.37. The van der Waals surface area contributed by atoms with E-state index in [4.69, 9.17) is 25.7 Å². The molecule has 1 fully saturated rings. The molecule has 12 nitrogen and oxygen atoms in total. The summed E-state index contributed by atoms with van der Waals surface area (Å²) in [7, 11) is 1.71. The minimum absolute atomic E-state index is 0. The second kappa shape index (κ2) is 21.7. The molecule has 1 aromatic heterocycles. The van der Waals surface area contributed by atoms with E-state index in [1.165, 1.54) is 10.1 Å². The fourth-order valence-corrected chi connectivity index (χ4v) is 6.21. The molecule has 1 unspecified atom stereocenters. The first-order valence-electron chi connectivity index (χ1n) is 18.1. The molecule has 3 atom stereocenters. The molecule has 3 aromatic rings. The predicted octanol–water partition coefficient (Wildman–Crippen LogP) is 4.40. The zero-order valence-electron chi connectivity index (χ0n) is 30.1. The summed E-state index contributed by atoms with van der Waals surface area (Å²) in [6, 6.07) is 13.4. The van der Waals surface area contributed by atoms with Crippen molar-refractivity contribution in [2.45, 2.75) is 109 Å². The van der Waals surface area contributed by atoms with E-state index in [0.29, 0.717) is 31.6 Å². The van der Waals surface area contributed by atoms with Crippen LogP contribution in [0, 0.1) is 0 Å². The summed E-state index contributed by atoms with van der Waals surface area (Å²) in [5.41, 5.74) is 16.0. The summed E-state index contributed by atoms with van der Waals surface area (Å²) in [5.74, 6) is -1.06. The van der Waals surface area contributed by atoms with Gasteiger partial charge in [0, 0.05) is 52.4 Å². The van der Waals surface area contributed by atoms with Crippen LogP contribution < -0.4 is 22.5 Å². The molecule has 0 saturated carbocycles. The predicted molar refractivity (Wildman–Crippen MR) is 200 cm³/mol. The topological polar surface area (TPSA) is 170 Å². The van der Waals surface area contributed by atoms with Crippen LogP contribution in [-0.2, 0) is 55.1 Å². The van der Waals surface area contributed by atoms with Gasteiger partial charge in [0.05, 0.1) is 23.7 Å². The highest BCUT2D eigenvalue weighted by Gasteiger charge is 2.31. The largest absolute Gasteiger partial charge is 0.381 e. The Labute approximate surface area is 307 Å². The molecule has 3 amide bonds. The molecule has 1 saturated heterocycles. The van der Waals surface area contributed by atoms with E-state index in [0.717, 1.165) is 87.8 Å². The molecule has 51 heavy (non-hydrogen) atoms. The number of aryl methyl sites for hydroxylation is 3. The summed E-state index contributed by atoms with van der Waals surface area (Å²) in [4.78, 5) is 47.9. The highest BCUT2D eigenvalue weighted by Crippen LogP contribution is 2.24. The number of amides is 3. The number of nitrogens with two attached hydrogens (primary N) is 2. The number of nitrogens with zero attached hydrogens (tertiary/aromatic N) is 2. The van der Waals surface area contributed by atoms with Gasteiger partial charge in [-0.05, 0) is 87.1 Å². The summed E-state index contributed by atoms with van der Waals surface area (Å²) >= 11 is 0. The number of carbonyl (C=O) groups is 3. The molecule has 2 aromatic carbocycles. The van der Waals surface area contributed by atoms with Gasteiger partial charge in [0.2, 0.25) is 17.7 Å².